The minimum absolute atomic E-state index is 0.124. The Bertz CT molecular complexity index is 1370. The topological polar surface area (TPSA) is 58.0 Å². The molecule has 0 radical (unpaired) electrons. The van der Waals surface area contributed by atoms with Crippen LogP contribution in [-0.2, 0) is 12.0 Å². The van der Waals surface area contributed by atoms with E-state index in [1.165, 1.54) is 5.56 Å². The molecule has 5 rings (SSSR count). The van der Waals surface area contributed by atoms with Gasteiger partial charge >= 0.3 is 0 Å². The molecule has 1 aliphatic heterocycles. The monoisotopic (exact) mass is 492 g/mol. The minimum atomic E-state index is -0.124. The quantitative estimate of drug-likeness (QED) is 0.360. The zero-order valence-electron chi connectivity index (χ0n) is 22.6. The van der Waals surface area contributed by atoms with Gasteiger partial charge in [-0.3, -0.25) is 9.88 Å². The van der Waals surface area contributed by atoms with Crippen molar-refractivity contribution in [3.8, 4) is 33.9 Å². The van der Waals surface area contributed by atoms with Crippen molar-refractivity contribution >= 4 is 0 Å². The predicted octanol–water partition coefficient (Wildman–Crippen LogP) is 5.62. The van der Waals surface area contributed by atoms with Crippen molar-refractivity contribution in [1.82, 2.24) is 29.7 Å². The van der Waals surface area contributed by atoms with Crippen LogP contribution in [0, 0.1) is 6.92 Å². The van der Waals surface area contributed by atoms with Crippen LogP contribution in [0.25, 0.3) is 33.9 Å². The van der Waals surface area contributed by atoms with Crippen molar-refractivity contribution in [2.24, 2.45) is 0 Å². The lowest BCUT2D eigenvalue weighted by atomic mass is 9.91. The van der Waals surface area contributed by atoms with Gasteiger partial charge in [-0.05, 0) is 49.4 Å². The van der Waals surface area contributed by atoms with E-state index in [1.807, 2.05) is 37.5 Å². The first-order valence-electron chi connectivity index (χ1n) is 13.0. The summed E-state index contributed by atoms with van der Waals surface area (Å²) in [5, 5.41) is 0. The molecular formula is C31H36N6. The second-order valence-corrected chi connectivity index (χ2v) is 11.1. The van der Waals surface area contributed by atoms with Crippen LogP contribution in [0.3, 0.4) is 0 Å². The van der Waals surface area contributed by atoms with Crippen molar-refractivity contribution in [3.05, 3.63) is 83.9 Å². The highest BCUT2D eigenvalue weighted by atomic mass is 15.2. The summed E-state index contributed by atoms with van der Waals surface area (Å²) in [7, 11) is 2.19. The Hall–Kier alpha value is -3.48. The Labute approximate surface area is 220 Å². The number of pyridine rings is 2. The lowest BCUT2D eigenvalue weighted by Gasteiger charge is -2.32. The third-order valence-corrected chi connectivity index (χ3v) is 6.94. The molecule has 190 valence electrons. The minimum Gasteiger partial charge on any atom is -0.304 e. The lowest BCUT2D eigenvalue weighted by molar-refractivity contribution is 0.148. The molecule has 0 aliphatic carbocycles. The highest BCUT2D eigenvalue weighted by Crippen LogP contribution is 2.30. The van der Waals surface area contributed by atoms with Gasteiger partial charge in [0.25, 0.3) is 0 Å². The first kappa shape index (κ1) is 25.2. The molecule has 0 unspecified atom stereocenters. The van der Waals surface area contributed by atoms with E-state index in [4.69, 9.17) is 9.97 Å². The summed E-state index contributed by atoms with van der Waals surface area (Å²) < 4.78 is 0. The number of rotatable bonds is 5. The average molecular weight is 493 g/mol. The molecule has 3 aromatic heterocycles. The molecule has 0 N–H and O–H groups in total. The Morgan fingerprint density at radius 2 is 1.49 bits per heavy atom. The van der Waals surface area contributed by atoms with Crippen LogP contribution >= 0.6 is 0 Å². The number of nitrogens with zero attached hydrogens (tertiary/aromatic N) is 6. The summed E-state index contributed by atoms with van der Waals surface area (Å²) in [6.07, 6.45) is 3.81. The molecule has 0 saturated carbocycles. The van der Waals surface area contributed by atoms with Gasteiger partial charge in [0.2, 0.25) is 0 Å². The lowest BCUT2D eigenvalue weighted by Crippen LogP contribution is -2.43. The number of aromatic nitrogens is 4. The largest absolute Gasteiger partial charge is 0.304 e. The molecule has 37 heavy (non-hydrogen) atoms. The fraction of sp³-hybridized carbons (Fsp3) is 0.355. The normalized spacial score (nSPS) is 15.2. The van der Waals surface area contributed by atoms with Crippen LogP contribution in [0.15, 0.2) is 67.0 Å². The molecule has 1 aromatic carbocycles. The number of hydrogen-bond donors (Lipinski definition) is 0. The Kier molecular flexibility index (Phi) is 7.13. The van der Waals surface area contributed by atoms with Crippen LogP contribution < -0.4 is 0 Å². The summed E-state index contributed by atoms with van der Waals surface area (Å²) in [4.78, 5) is 24.0. The third kappa shape index (κ3) is 6.09. The number of hydrogen-bond acceptors (Lipinski definition) is 6. The summed E-state index contributed by atoms with van der Waals surface area (Å²) in [6, 6.07) is 19.1. The fourth-order valence-corrected chi connectivity index (χ4v) is 4.57. The van der Waals surface area contributed by atoms with Crippen LogP contribution in [0.1, 0.15) is 37.7 Å². The molecule has 1 aliphatic rings. The van der Waals surface area contributed by atoms with Crippen molar-refractivity contribution in [2.75, 3.05) is 33.2 Å². The van der Waals surface area contributed by atoms with Gasteiger partial charge in [-0.15, -0.1) is 0 Å². The van der Waals surface area contributed by atoms with Gasteiger partial charge in [0.05, 0.1) is 11.4 Å². The highest BCUT2D eigenvalue weighted by molar-refractivity contribution is 5.71. The predicted molar refractivity (Wildman–Crippen MR) is 150 cm³/mol. The van der Waals surface area contributed by atoms with Gasteiger partial charge in [0.15, 0.2) is 5.82 Å². The van der Waals surface area contributed by atoms with E-state index >= 15 is 0 Å². The van der Waals surface area contributed by atoms with Crippen LogP contribution in [0.2, 0.25) is 0 Å². The maximum atomic E-state index is 4.93. The Morgan fingerprint density at radius 3 is 2.19 bits per heavy atom. The number of piperazine rings is 1. The van der Waals surface area contributed by atoms with E-state index in [9.17, 15) is 0 Å². The van der Waals surface area contributed by atoms with Crippen LogP contribution in [0.5, 0.6) is 0 Å². The molecule has 0 atom stereocenters. The molecule has 0 amide bonds. The van der Waals surface area contributed by atoms with Gasteiger partial charge in [-0.1, -0.05) is 51.1 Å². The molecule has 4 aromatic rings. The SMILES string of the molecule is Cc1cccc(-c2nc(-c3cncc(-c4ccc(CN5CCN(C)CC5)cc4)c3)cc(C(C)(C)C)n2)n1. The van der Waals surface area contributed by atoms with Gasteiger partial charge in [0, 0.05) is 67.4 Å². The Balaban J connectivity index is 1.44. The average Bonchev–Trinajstić information content (AvgIpc) is 2.90. The maximum Gasteiger partial charge on any atom is 0.178 e. The molecule has 4 heterocycles. The van der Waals surface area contributed by atoms with Crippen molar-refractivity contribution in [1.29, 1.82) is 0 Å². The van der Waals surface area contributed by atoms with Gasteiger partial charge in [-0.25, -0.2) is 15.0 Å². The van der Waals surface area contributed by atoms with E-state index in [0.717, 1.165) is 72.2 Å². The summed E-state index contributed by atoms with van der Waals surface area (Å²) >= 11 is 0. The number of aryl methyl sites for hydroxylation is 1. The molecule has 1 saturated heterocycles. The molecule has 6 heteroatoms. The van der Waals surface area contributed by atoms with Gasteiger partial charge in [-0.2, -0.15) is 0 Å². The standard InChI is InChI=1S/C31H36N6/c1-22-7-6-8-27(33-22)30-34-28(18-29(35-30)31(2,3)4)26-17-25(19-32-20-26)24-11-9-23(10-12-24)21-37-15-13-36(5)14-16-37/h6-12,17-20H,13-16,21H2,1-5H3. The second-order valence-electron chi connectivity index (χ2n) is 11.1. The van der Waals surface area contributed by atoms with Crippen molar-refractivity contribution in [3.63, 3.8) is 0 Å². The molecule has 6 nitrogen and oxygen atoms in total. The van der Waals surface area contributed by atoms with Gasteiger partial charge < -0.3 is 4.90 Å². The fourth-order valence-electron chi connectivity index (χ4n) is 4.57. The van der Waals surface area contributed by atoms with Crippen molar-refractivity contribution in [2.45, 2.75) is 39.7 Å². The van der Waals surface area contributed by atoms with Crippen LogP contribution in [0.4, 0.5) is 0 Å². The zero-order chi connectivity index (χ0) is 26.0. The van der Waals surface area contributed by atoms with Crippen LogP contribution in [-0.4, -0.2) is 63.0 Å². The summed E-state index contributed by atoms with van der Waals surface area (Å²) in [5.41, 5.74) is 8.00. The molecule has 0 bridgehead atoms. The molecule has 1 fully saturated rings. The molecule has 0 spiro atoms. The first-order valence-corrected chi connectivity index (χ1v) is 13.0. The Morgan fingerprint density at radius 1 is 0.757 bits per heavy atom. The van der Waals surface area contributed by atoms with Crippen molar-refractivity contribution < 1.29 is 0 Å². The van der Waals surface area contributed by atoms with E-state index in [2.05, 4.69) is 84.0 Å². The first-order chi connectivity index (χ1) is 17.7. The number of likely N-dealkylation sites (N-methyl/N-ethyl adjacent to an activating group) is 1. The van der Waals surface area contributed by atoms with E-state index < -0.39 is 0 Å². The third-order valence-electron chi connectivity index (χ3n) is 6.94. The summed E-state index contributed by atoms with van der Waals surface area (Å²) in [5.74, 6) is 0.643. The second kappa shape index (κ2) is 10.5. The van der Waals surface area contributed by atoms with E-state index in [0.29, 0.717) is 5.82 Å². The molecular weight excluding hydrogens is 456 g/mol. The van der Waals surface area contributed by atoms with E-state index in [-0.39, 0.29) is 5.41 Å². The van der Waals surface area contributed by atoms with Gasteiger partial charge in [0.1, 0.15) is 5.69 Å². The zero-order valence-corrected chi connectivity index (χ0v) is 22.6. The summed E-state index contributed by atoms with van der Waals surface area (Å²) in [6.45, 7) is 14.0. The smallest absolute Gasteiger partial charge is 0.178 e. The van der Waals surface area contributed by atoms with E-state index in [1.54, 1.807) is 0 Å². The highest BCUT2D eigenvalue weighted by Gasteiger charge is 2.20. The number of benzene rings is 1. The maximum absolute atomic E-state index is 4.93.